The molecule has 0 amide bonds. The predicted molar refractivity (Wildman–Crippen MR) is 28.1 cm³/mol. The van der Waals surface area contributed by atoms with E-state index in [-0.39, 0.29) is 0 Å². The summed E-state index contributed by atoms with van der Waals surface area (Å²) in [7, 11) is 3.17. The fourth-order valence-corrected chi connectivity index (χ4v) is 0.744. The van der Waals surface area contributed by atoms with E-state index in [2.05, 4.69) is 16.8 Å². The van der Waals surface area contributed by atoms with E-state index in [9.17, 15) is 0 Å². The summed E-state index contributed by atoms with van der Waals surface area (Å²) in [6, 6.07) is 0. The quantitative estimate of drug-likeness (QED) is 0.549. The molecule has 1 aromatic rings. The molecule has 3 heteroatoms. The number of thiazole rings is 1. The molecular weight excluding hydrogens is 110 g/mol. The number of rotatable bonds is 1. The number of hydrogen-bond donors (Lipinski definition) is 0. The molecule has 1 rings (SSSR count). The first-order chi connectivity index (χ1) is 3.43. The van der Waals surface area contributed by atoms with Gasteiger partial charge in [0.25, 0.3) is 0 Å². The zero-order valence-electron chi connectivity index (χ0n) is 3.63. The smallest absolute Gasteiger partial charge is 0.224 e. The lowest BCUT2D eigenvalue weighted by Crippen LogP contribution is -1.74. The first kappa shape index (κ1) is 4.59. The Bertz CT molecular complexity index is 126. The minimum Gasteiger partial charge on any atom is -0.473 e. The van der Waals surface area contributed by atoms with Gasteiger partial charge in [-0.1, -0.05) is 0 Å². The summed E-state index contributed by atoms with van der Waals surface area (Å²) in [5.41, 5.74) is 1.69. The Hall–Kier alpha value is -0.570. The van der Waals surface area contributed by atoms with Gasteiger partial charge in [-0.15, -0.1) is 11.3 Å². The van der Waals surface area contributed by atoms with Crippen molar-refractivity contribution in [3.05, 3.63) is 18.0 Å². The van der Waals surface area contributed by atoms with Crippen molar-refractivity contribution in [2.75, 3.05) is 0 Å². The minimum atomic E-state index is 0.588. The molecule has 0 bridgehead atoms. The largest absolute Gasteiger partial charge is 0.473 e. The Morgan fingerprint density at radius 3 is 3.00 bits per heavy atom. The number of nitrogens with zero attached hydrogens (tertiary/aromatic N) is 1. The standard InChI is InChI=1S/C4H4NOS/c1-6-4-2-7-3-5-4/h2-3H,1H2. The zero-order chi connectivity index (χ0) is 5.11. The third-order valence-electron chi connectivity index (χ3n) is 0.558. The monoisotopic (exact) mass is 114 g/mol. The van der Waals surface area contributed by atoms with Crippen LogP contribution in [0, 0.1) is 7.11 Å². The van der Waals surface area contributed by atoms with Crippen molar-refractivity contribution in [3.8, 4) is 5.88 Å². The number of ether oxygens (including phenoxy) is 1. The van der Waals surface area contributed by atoms with E-state index in [0.717, 1.165) is 0 Å². The lowest BCUT2D eigenvalue weighted by atomic mass is 10.9. The second kappa shape index (κ2) is 1.93. The molecule has 1 radical (unpaired) electrons. The molecular formula is C4H4NOS. The van der Waals surface area contributed by atoms with Gasteiger partial charge >= 0.3 is 0 Å². The van der Waals surface area contributed by atoms with Crippen molar-refractivity contribution in [2.24, 2.45) is 0 Å². The average molecular weight is 114 g/mol. The lowest BCUT2D eigenvalue weighted by Gasteiger charge is -1.84. The van der Waals surface area contributed by atoms with Gasteiger partial charge in [0.15, 0.2) is 0 Å². The molecule has 37 valence electrons. The van der Waals surface area contributed by atoms with Crippen LogP contribution in [0.4, 0.5) is 0 Å². The van der Waals surface area contributed by atoms with Crippen LogP contribution in [0.25, 0.3) is 0 Å². The molecule has 0 atom stereocenters. The molecule has 0 spiro atoms. The molecule has 7 heavy (non-hydrogen) atoms. The predicted octanol–water partition coefficient (Wildman–Crippen LogP) is 1.31. The van der Waals surface area contributed by atoms with Crippen LogP contribution in [0.2, 0.25) is 0 Å². The van der Waals surface area contributed by atoms with Crippen LogP contribution in [0.15, 0.2) is 10.9 Å². The van der Waals surface area contributed by atoms with E-state index in [0.29, 0.717) is 5.88 Å². The molecule has 0 aromatic carbocycles. The normalized spacial score (nSPS) is 8.71. The highest BCUT2D eigenvalue weighted by atomic mass is 32.1. The summed E-state index contributed by atoms with van der Waals surface area (Å²) in [6.45, 7) is 0. The van der Waals surface area contributed by atoms with Crippen molar-refractivity contribution in [2.45, 2.75) is 0 Å². The topological polar surface area (TPSA) is 22.1 Å². The Labute approximate surface area is 45.8 Å². The van der Waals surface area contributed by atoms with Gasteiger partial charge in [-0.25, -0.2) is 4.98 Å². The van der Waals surface area contributed by atoms with Crippen molar-refractivity contribution in [1.82, 2.24) is 4.98 Å². The molecule has 0 saturated heterocycles. The van der Waals surface area contributed by atoms with Crippen LogP contribution in [0.3, 0.4) is 0 Å². The second-order valence-corrected chi connectivity index (χ2v) is 1.69. The first-order valence-electron chi connectivity index (χ1n) is 1.73. The van der Waals surface area contributed by atoms with Gasteiger partial charge in [-0.2, -0.15) is 0 Å². The van der Waals surface area contributed by atoms with Gasteiger partial charge in [-0.3, -0.25) is 0 Å². The summed E-state index contributed by atoms with van der Waals surface area (Å²) in [5, 5.41) is 1.78. The number of aromatic nitrogens is 1. The second-order valence-electron chi connectivity index (χ2n) is 0.971. The van der Waals surface area contributed by atoms with Gasteiger partial charge in [0.2, 0.25) is 5.88 Å². The Morgan fingerprint density at radius 2 is 2.71 bits per heavy atom. The van der Waals surface area contributed by atoms with E-state index in [1.54, 1.807) is 10.9 Å². The maximum absolute atomic E-state index is 4.50. The highest BCUT2D eigenvalue weighted by Gasteiger charge is 1.85. The van der Waals surface area contributed by atoms with Crippen LogP contribution in [0.5, 0.6) is 5.88 Å². The highest BCUT2D eigenvalue weighted by Crippen LogP contribution is 2.07. The molecule has 1 heterocycles. The SMILES string of the molecule is [CH2]Oc1cscn1. The van der Waals surface area contributed by atoms with Crippen LogP contribution in [0.1, 0.15) is 0 Å². The third kappa shape index (κ3) is 0.899. The molecule has 0 aliphatic heterocycles. The van der Waals surface area contributed by atoms with E-state index in [4.69, 9.17) is 0 Å². The summed E-state index contributed by atoms with van der Waals surface area (Å²) in [4.78, 5) is 3.77. The Balaban J connectivity index is 2.76. The first-order valence-corrected chi connectivity index (χ1v) is 2.68. The van der Waals surface area contributed by atoms with Crippen LogP contribution in [-0.4, -0.2) is 4.98 Å². The van der Waals surface area contributed by atoms with E-state index < -0.39 is 0 Å². The third-order valence-corrected chi connectivity index (χ3v) is 1.12. The molecule has 0 fully saturated rings. The van der Waals surface area contributed by atoms with E-state index >= 15 is 0 Å². The fourth-order valence-electron chi connectivity index (χ4n) is 0.273. The average Bonchev–Trinajstić information content (AvgIpc) is 2.14. The van der Waals surface area contributed by atoms with Crippen molar-refractivity contribution < 1.29 is 4.74 Å². The van der Waals surface area contributed by atoms with Gasteiger partial charge in [0.05, 0.1) is 10.9 Å². The van der Waals surface area contributed by atoms with Gasteiger partial charge in [-0.05, 0) is 0 Å². The lowest BCUT2D eigenvalue weighted by molar-refractivity contribution is 0.457. The highest BCUT2D eigenvalue weighted by molar-refractivity contribution is 7.07. The minimum absolute atomic E-state index is 0.588. The van der Waals surface area contributed by atoms with Gasteiger partial charge < -0.3 is 4.74 Å². The summed E-state index contributed by atoms with van der Waals surface area (Å²) >= 11 is 1.49. The molecule has 0 aliphatic rings. The van der Waals surface area contributed by atoms with E-state index in [1.165, 1.54) is 11.3 Å². The van der Waals surface area contributed by atoms with Crippen LogP contribution >= 0.6 is 11.3 Å². The molecule has 1 aromatic heterocycles. The zero-order valence-corrected chi connectivity index (χ0v) is 4.44. The molecule has 0 saturated carbocycles. The molecule has 0 aliphatic carbocycles. The fraction of sp³-hybridized carbons (Fsp3) is 0. The Morgan fingerprint density at radius 1 is 1.86 bits per heavy atom. The van der Waals surface area contributed by atoms with Gasteiger partial charge in [0, 0.05) is 0 Å². The Kier molecular flexibility index (Phi) is 1.26. The van der Waals surface area contributed by atoms with Crippen LogP contribution in [-0.2, 0) is 0 Å². The molecule has 0 unspecified atom stereocenters. The maximum atomic E-state index is 4.50. The van der Waals surface area contributed by atoms with Crippen molar-refractivity contribution >= 4 is 11.3 Å². The van der Waals surface area contributed by atoms with Gasteiger partial charge in [0.1, 0.15) is 7.11 Å². The van der Waals surface area contributed by atoms with E-state index in [1.807, 2.05) is 0 Å². The molecule has 2 nitrogen and oxygen atoms in total. The number of hydrogen-bond acceptors (Lipinski definition) is 3. The summed E-state index contributed by atoms with van der Waals surface area (Å²) in [6.07, 6.45) is 0. The van der Waals surface area contributed by atoms with Crippen molar-refractivity contribution in [3.63, 3.8) is 0 Å². The summed E-state index contributed by atoms with van der Waals surface area (Å²) in [5.74, 6) is 0.588. The summed E-state index contributed by atoms with van der Waals surface area (Å²) < 4.78 is 4.50. The van der Waals surface area contributed by atoms with Crippen molar-refractivity contribution in [1.29, 1.82) is 0 Å². The maximum Gasteiger partial charge on any atom is 0.224 e. The van der Waals surface area contributed by atoms with Crippen LogP contribution < -0.4 is 4.74 Å². The molecule has 0 N–H and O–H groups in total.